The van der Waals surface area contributed by atoms with Crippen molar-refractivity contribution in [2.24, 2.45) is 23.1 Å². The third-order valence-electron chi connectivity index (χ3n) is 5.78. The van der Waals surface area contributed by atoms with Crippen molar-refractivity contribution < 1.29 is 4.39 Å². The Kier molecular flexibility index (Phi) is 7.91. The molecule has 1 aliphatic rings. The zero-order chi connectivity index (χ0) is 20.1. The van der Waals surface area contributed by atoms with Crippen LogP contribution < -0.4 is 11.3 Å². The first-order valence-electron chi connectivity index (χ1n) is 9.96. The van der Waals surface area contributed by atoms with Crippen LogP contribution in [0.5, 0.6) is 0 Å². The second kappa shape index (κ2) is 9.05. The summed E-state index contributed by atoms with van der Waals surface area (Å²) >= 11 is 0. The zero-order valence-electron chi connectivity index (χ0n) is 17.7. The highest BCUT2D eigenvalue weighted by molar-refractivity contribution is 5.20. The van der Waals surface area contributed by atoms with Crippen LogP contribution in [0.2, 0.25) is 0 Å². The smallest absolute Gasteiger partial charge is 0.205 e. The van der Waals surface area contributed by atoms with Crippen LogP contribution in [0.4, 0.5) is 4.39 Å². The van der Waals surface area contributed by atoms with Gasteiger partial charge in [-0.25, -0.2) is 20.8 Å². The maximum Gasteiger partial charge on any atom is 0.205 e. The monoisotopic (exact) mass is 367 g/mol. The number of hydrogen-bond acceptors (Lipinski definition) is 5. The van der Waals surface area contributed by atoms with Gasteiger partial charge in [-0.15, -0.1) is 0 Å². The molecule has 0 aromatic carbocycles. The van der Waals surface area contributed by atoms with E-state index in [1.165, 1.54) is 5.12 Å². The van der Waals surface area contributed by atoms with Crippen LogP contribution in [-0.4, -0.2) is 28.9 Å². The van der Waals surface area contributed by atoms with E-state index in [1.807, 2.05) is 34.6 Å². The Balaban J connectivity index is 3.58. The second-order valence-corrected chi connectivity index (χ2v) is 8.23. The van der Waals surface area contributed by atoms with E-state index >= 15 is 4.39 Å². The van der Waals surface area contributed by atoms with Crippen LogP contribution in [0.3, 0.4) is 0 Å². The molecule has 0 fully saturated rings. The molecule has 0 aromatic rings. The van der Waals surface area contributed by atoms with Gasteiger partial charge in [0.05, 0.1) is 6.07 Å². The molecule has 0 amide bonds. The summed E-state index contributed by atoms with van der Waals surface area (Å²) in [5, 5.41) is 11.4. The summed E-state index contributed by atoms with van der Waals surface area (Å²) in [6.07, 6.45) is 3.31. The fourth-order valence-electron chi connectivity index (χ4n) is 4.42. The lowest BCUT2D eigenvalue weighted by atomic mass is 9.67. The average Bonchev–Trinajstić information content (AvgIpc) is 2.88. The highest BCUT2D eigenvalue weighted by Gasteiger charge is 2.58. The van der Waals surface area contributed by atoms with Gasteiger partial charge in [-0.2, -0.15) is 5.26 Å². The van der Waals surface area contributed by atoms with Gasteiger partial charge in [0.1, 0.15) is 11.7 Å². The van der Waals surface area contributed by atoms with Crippen LogP contribution in [0.25, 0.3) is 0 Å². The minimum Gasteiger partial charge on any atom is -0.322 e. The lowest BCUT2D eigenvalue weighted by Crippen LogP contribution is -2.62. The Morgan fingerprint density at radius 2 is 1.96 bits per heavy atom. The molecule has 0 saturated heterocycles. The van der Waals surface area contributed by atoms with Gasteiger partial charge in [0, 0.05) is 18.5 Å². The van der Waals surface area contributed by atoms with Gasteiger partial charge in [0.2, 0.25) is 5.79 Å². The molecule has 6 heteroatoms. The Hall–Kier alpha value is -1.32. The van der Waals surface area contributed by atoms with Gasteiger partial charge in [-0.3, -0.25) is 0 Å². The Bertz CT molecular complexity index is 539. The third kappa shape index (κ3) is 3.99. The van der Waals surface area contributed by atoms with E-state index in [0.717, 1.165) is 24.8 Å². The van der Waals surface area contributed by atoms with Crippen molar-refractivity contribution in [3.63, 3.8) is 0 Å². The SMILES string of the molecule is CCCC(C)C(C#N)C(F)(N(CC)C1=C(C)CNN1N)C(C)(C)CCC. The van der Waals surface area contributed by atoms with Gasteiger partial charge in [0.25, 0.3) is 0 Å². The molecule has 5 nitrogen and oxygen atoms in total. The van der Waals surface area contributed by atoms with Crippen molar-refractivity contribution in [3.05, 3.63) is 11.4 Å². The Morgan fingerprint density at radius 3 is 2.35 bits per heavy atom. The molecular formula is C20H38FN5. The molecule has 1 aliphatic heterocycles. The van der Waals surface area contributed by atoms with E-state index in [9.17, 15) is 5.26 Å². The number of rotatable bonds is 10. The predicted octanol–water partition coefficient (Wildman–Crippen LogP) is 4.30. The Morgan fingerprint density at radius 1 is 1.35 bits per heavy atom. The quantitative estimate of drug-likeness (QED) is 0.445. The lowest BCUT2D eigenvalue weighted by Gasteiger charge is -2.53. The average molecular weight is 368 g/mol. The molecule has 0 aromatic heterocycles. The summed E-state index contributed by atoms with van der Waals surface area (Å²) in [6, 6.07) is 2.34. The van der Waals surface area contributed by atoms with Crippen molar-refractivity contribution in [2.75, 3.05) is 13.1 Å². The van der Waals surface area contributed by atoms with E-state index in [-0.39, 0.29) is 5.92 Å². The molecule has 150 valence electrons. The Labute approximate surface area is 159 Å². The predicted molar refractivity (Wildman–Crippen MR) is 105 cm³/mol. The molecule has 0 aliphatic carbocycles. The lowest BCUT2D eigenvalue weighted by molar-refractivity contribution is -0.158. The fraction of sp³-hybridized carbons (Fsp3) is 0.850. The minimum atomic E-state index is -1.82. The summed E-state index contributed by atoms with van der Waals surface area (Å²) in [4.78, 5) is 1.73. The topological polar surface area (TPSA) is 68.3 Å². The van der Waals surface area contributed by atoms with E-state index in [2.05, 4.69) is 25.3 Å². The maximum absolute atomic E-state index is 17.2. The normalized spacial score (nSPS) is 19.9. The first-order valence-corrected chi connectivity index (χ1v) is 9.96. The number of nitrogens with two attached hydrogens (primary N) is 1. The molecule has 3 atom stereocenters. The molecule has 3 N–H and O–H groups in total. The van der Waals surface area contributed by atoms with E-state index < -0.39 is 17.1 Å². The first kappa shape index (κ1) is 22.7. The molecule has 1 heterocycles. The number of nitrogens with zero attached hydrogens (tertiary/aromatic N) is 3. The molecule has 0 spiro atoms. The molecule has 0 radical (unpaired) electrons. The van der Waals surface area contributed by atoms with Crippen LogP contribution in [0.15, 0.2) is 11.4 Å². The summed E-state index contributed by atoms with van der Waals surface area (Å²) in [6.45, 7) is 15.0. The summed E-state index contributed by atoms with van der Waals surface area (Å²) in [7, 11) is 0. The number of halogens is 1. The molecule has 26 heavy (non-hydrogen) atoms. The number of nitriles is 1. The van der Waals surface area contributed by atoms with Crippen molar-refractivity contribution in [3.8, 4) is 6.07 Å². The van der Waals surface area contributed by atoms with Crippen molar-refractivity contribution in [1.82, 2.24) is 15.4 Å². The van der Waals surface area contributed by atoms with Crippen LogP contribution >= 0.6 is 0 Å². The number of nitrogens with one attached hydrogen (secondary N) is 1. The van der Waals surface area contributed by atoms with Crippen molar-refractivity contribution in [2.45, 2.75) is 79.9 Å². The third-order valence-corrected chi connectivity index (χ3v) is 5.78. The molecule has 0 saturated carbocycles. The standard InChI is InChI=1S/C20H38FN5/c1-8-11-15(4)17(13-22)20(21,19(6,7)12-9-2)25(10-3)18-16(5)14-24-26(18)23/h15,17,24H,8-12,14,23H2,1-7H3. The second-order valence-electron chi connectivity index (χ2n) is 8.23. The molecule has 1 rings (SSSR count). The summed E-state index contributed by atoms with van der Waals surface area (Å²) in [5.41, 5.74) is 3.34. The van der Waals surface area contributed by atoms with E-state index in [4.69, 9.17) is 5.84 Å². The van der Waals surface area contributed by atoms with Gasteiger partial charge >= 0.3 is 0 Å². The van der Waals surface area contributed by atoms with E-state index in [0.29, 0.717) is 25.3 Å². The first-order chi connectivity index (χ1) is 12.1. The van der Waals surface area contributed by atoms with Gasteiger partial charge < -0.3 is 4.90 Å². The van der Waals surface area contributed by atoms with Gasteiger partial charge in [-0.1, -0.05) is 47.5 Å². The minimum absolute atomic E-state index is 0.0401. The van der Waals surface area contributed by atoms with Crippen molar-refractivity contribution >= 4 is 0 Å². The summed E-state index contributed by atoms with van der Waals surface area (Å²) < 4.78 is 17.2. The molecule has 3 unspecified atom stereocenters. The summed E-state index contributed by atoms with van der Waals surface area (Å²) in [5.74, 6) is 4.17. The number of hydrogen-bond donors (Lipinski definition) is 2. The molecule has 0 bridgehead atoms. The van der Waals surface area contributed by atoms with Crippen molar-refractivity contribution in [1.29, 1.82) is 5.26 Å². The number of alkyl halides is 1. The highest BCUT2D eigenvalue weighted by Crippen LogP contribution is 2.50. The van der Waals surface area contributed by atoms with Crippen LogP contribution in [-0.2, 0) is 0 Å². The fourth-order valence-corrected chi connectivity index (χ4v) is 4.42. The number of hydrazine groups is 2. The van der Waals surface area contributed by atoms with Crippen LogP contribution in [0.1, 0.15) is 74.1 Å². The highest BCUT2D eigenvalue weighted by atomic mass is 19.1. The van der Waals surface area contributed by atoms with Gasteiger partial charge in [0.15, 0.2) is 0 Å². The molecular weight excluding hydrogens is 329 g/mol. The van der Waals surface area contributed by atoms with Crippen LogP contribution in [0, 0.1) is 28.6 Å². The largest absolute Gasteiger partial charge is 0.322 e. The van der Waals surface area contributed by atoms with Gasteiger partial charge in [-0.05, 0) is 38.2 Å². The van der Waals surface area contributed by atoms with E-state index in [1.54, 1.807) is 4.90 Å². The zero-order valence-corrected chi connectivity index (χ0v) is 17.7. The maximum atomic E-state index is 17.2.